The Morgan fingerprint density at radius 3 is 2.47 bits per heavy atom. The normalized spacial score (nSPS) is 18.5. The molecule has 3 amide bonds. The zero-order valence-corrected chi connectivity index (χ0v) is 19.9. The van der Waals surface area contributed by atoms with Gasteiger partial charge in [-0.2, -0.15) is 4.31 Å². The molecule has 10 nitrogen and oxygen atoms in total. The van der Waals surface area contributed by atoms with E-state index >= 15 is 0 Å². The van der Waals surface area contributed by atoms with Gasteiger partial charge in [0, 0.05) is 44.4 Å². The fraction of sp³-hybridized carbons (Fsp3) is 0.348. The summed E-state index contributed by atoms with van der Waals surface area (Å²) >= 11 is 0. The van der Waals surface area contributed by atoms with E-state index < -0.39 is 16.1 Å². The first-order valence-corrected chi connectivity index (χ1v) is 12.3. The molecule has 2 heterocycles. The molecule has 11 heteroatoms. The van der Waals surface area contributed by atoms with Gasteiger partial charge in [0.1, 0.15) is 5.75 Å². The van der Waals surface area contributed by atoms with Gasteiger partial charge in [-0.05, 0) is 49.7 Å². The lowest BCUT2D eigenvalue weighted by Gasteiger charge is -2.34. The van der Waals surface area contributed by atoms with Crippen LogP contribution in [0, 0.1) is 6.92 Å². The fourth-order valence-corrected chi connectivity index (χ4v) is 5.34. The van der Waals surface area contributed by atoms with Crippen molar-refractivity contribution in [3.05, 3.63) is 47.5 Å². The molecule has 34 heavy (non-hydrogen) atoms. The number of carbonyl (C=O) groups excluding carboxylic acids is 3. The molecule has 0 aliphatic carbocycles. The molecule has 1 fully saturated rings. The number of nitrogens with zero attached hydrogens (tertiary/aromatic N) is 2. The molecule has 2 aromatic rings. The summed E-state index contributed by atoms with van der Waals surface area (Å²) in [6.07, 6.45) is -0.650. The second-order valence-electron chi connectivity index (χ2n) is 8.31. The van der Waals surface area contributed by atoms with E-state index in [1.54, 1.807) is 30.0 Å². The van der Waals surface area contributed by atoms with Crippen molar-refractivity contribution in [1.29, 1.82) is 0 Å². The molecule has 0 aromatic heterocycles. The van der Waals surface area contributed by atoms with Gasteiger partial charge in [0.15, 0.2) is 6.10 Å². The van der Waals surface area contributed by atoms with E-state index in [1.807, 2.05) is 6.92 Å². The number of hydrogen-bond acceptors (Lipinski definition) is 6. The van der Waals surface area contributed by atoms with Crippen LogP contribution in [-0.2, 0) is 19.6 Å². The van der Waals surface area contributed by atoms with Crippen molar-refractivity contribution >= 4 is 39.1 Å². The summed E-state index contributed by atoms with van der Waals surface area (Å²) in [4.78, 5) is 37.9. The molecule has 2 N–H and O–H groups in total. The summed E-state index contributed by atoms with van der Waals surface area (Å²) in [6, 6.07) is 9.46. The first kappa shape index (κ1) is 23.7. The number of amides is 3. The molecule has 2 aromatic carbocycles. The number of sulfonamides is 1. The standard InChI is InChI=1S/C23H26N4O6S/c1-14-4-5-17(12-19(14)24-16(3)28)23(30)26-8-10-27(11-9-26)34(31,32)18-6-7-21-20(13-18)25-22(29)15(2)33-21/h4-7,12-13,15H,8-11H2,1-3H3,(H,24,28)(H,25,29)/t15-/m1/s1. The maximum Gasteiger partial charge on any atom is 0.265 e. The highest BCUT2D eigenvalue weighted by Crippen LogP contribution is 2.33. The predicted molar refractivity (Wildman–Crippen MR) is 125 cm³/mol. The highest BCUT2D eigenvalue weighted by atomic mass is 32.2. The van der Waals surface area contributed by atoms with Gasteiger partial charge in [-0.15, -0.1) is 0 Å². The van der Waals surface area contributed by atoms with Gasteiger partial charge in [-0.3, -0.25) is 14.4 Å². The second kappa shape index (κ2) is 9.07. The Morgan fingerprint density at radius 1 is 1.09 bits per heavy atom. The third-order valence-corrected chi connectivity index (χ3v) is 7.74. The van der Waals surface area contributed by atoms with Gasteiger partial charge in [-0.25, -0.2) is 8.42 Å². The van der Waals surface area contributed by atoms with Gasteiger partial charge in [-0.1, -0.05) is 6.07 Å². The van der Waals surface area contributed by atoms with E-state index in [-0.39, 0.29) is 48.8 Å². The largest absolute Gasteiger partial charge is 0.479 e. The Kier molecular flexibility index (Phi) is 6.32. The monoisotopic (exact) mass is 486 g/mol. The highest BCUT2D eigenvalue weighted by molar-refractivity contribution is 7.89. The minimum absolute atomic E-state index is 0.0444. The minimum Gasteiger partial charge on any atom is -0.479 e. The van der Waals surface area contributed by atoms with Gasteiger partial charge < -0.3 is 20.3 Å². The number of rotatable bonds is 4. The number of hydrogen-bond donors (Lipinski definition) is 2. The number of anilines is 2. The van der Waals surface area contributed by atoms with Crippen LogP contribution in [0.15, 0.2) is 41.3 Å². The Balaban J connectivity index is 1.45. The number of aryl methyl sites for hydroxylation is 1. The van der Waals surface area contributed by atoms with E-state index in [2.05, 4.69) is 10.6 Å². The fourth-order valence-electron chi connectivity index (χ4n) is 3.89. The topological polar surface area (TPSA) is 125 Å². The van der Waals surface area contributed by atoms with Crippen molar-refractivity contribution in [3.8, 4) is 5.75 Å². The molecule has 4 rings (SSSR count). The zero-order chi connectivity index (χ0) is 24.6. The van der Waals surface area contributed by atoms with Crippen molar-refractivity contribution in [2.45, 2.75) is 31.8 Å². The maximum atomic E-state index is 13.2. The summed E-state index contributed by atoms with van der Waals surface area (Å²) < 4.78 is 33.2. The van der Waals surface area contributed by atoms with Crippen LogP contribution in [0.3, 0.4) is 0 Å². The van der Waals surface area contributed by atoms with Crippen molar-refractivity contribution < 1.29 is 27.5 Å². The summed E-state index contributed by atoms with van der Waals surface area (Å²) in [5, 5.41) is 5.37. The molecule has 1 atom stereocenters. The third kappa shape index (κ3) is 4.62. The highest BCUT2D eigenvalue weighted by Gasteiger charge is 2.32. The maximum absolute atomic E-state index is 13.2. The number of fused-ring (bicyclic) bond motifs is 1. The van der Waals surface area contributed by atoms with E-state index in [0.717, 1.165) is 5.56 Å². The Morgan fingerprint density at radius 2 is 1.79 bits per heavy atom. The van der Waals surface area contributed by atoms with Crippen molar-refractivity contribution in [3.63, 3.8) is 0 Å². The third-order valence-electron chi connectivity index (χ3n) is 5.84. The molecular formula is C23H26N4O6S. The van der Waals surface area contributed by atoms with Gasteiger partial charge in [0.05, 0.1) is 10.6 Å². The van der Waals surface area contributed by atoms with Crippen molar-refractivity contribution in [1.82, 2.24) is 9.21 Å². The molecule has 0 bridgehead atoms. The second-order valence-corrected chi connectivity index (χ2v) is 10.3. The Hall–Kier alpha value is -3.44. The molecule has 2 aliphatic heterocycles. The molecule has 1 saturated heterocycles. The van der Waals surface area contributed by atoms with Crippen LogP contribution in [0.25, 0.3) is 0 Å². The average Bonchev–Trinajstić information content (AvgIpc) is 2.80. The summed E-state index contributed by atoms with van der Waals surface area (Å²) in [7, 11) is -3.83. The molecule has 2 aliphatic rings. The Bertz CT molecular complexity index is 1270. The summed E-state index contributed by atoms with van der Waals surface area (Å²) in [5.74, 6) is -0.383. The number of carbonyl (C=O) groups is 3. The molecule has 0 spiro atoms. The van der Waals surface area contributed by atoms with Gasteiger partial charge >= 0.3 is 0 Å². The Labute approximate surface area is 197 Å². The van der Waals surface area contributed by atoms with Crippen LogP contribution >= 0.6 is 0 Å². The first-order chi connectivity index (χ1) is 16.1. The van der Waals surface area contributed by atoms with Crippen LogP contribution in [-0.4, -0.2) is 67.6 Å². The zero-order valence-electron chi connectivity index (χ0n) is 19.1. The predicted octanol–water partition coefficient (Wildman–Crippen LogP) is 1.82. The molecular weight excluding hydrogens is 460 g/mol. The van der Waals surface area contributed by atoms with E-state index in [4.69, 9.17) is 4.74 Å². The molecule has 0 saturated carbocycles. The lowest BCUT2D eigenvalue weighted by atomic mass is 10.1. The van der Waals surface area contributed by atoms with Crippen LogP contribution in [0.2, 0.25) is 0 Å². The van der Waals surface area contributed by atoms with E-state index in [1.165, 1.54) is 29.4 Å². The number of benzene rings is 2. The van der Waals surface area contributed by atoms with Crippen LogP contribution in [0.1, 0.15) is 29.8 Å². The molecule has 0 unspecified atom stereocenters. The molecule has 180 valence electrons. The smallest absolute Gasteiger partial charge is 0.265 e. The quantitative estimate of drug-likeness (QED) is 0.679. The van der Waals surface area contributed by atoms with E-state index in [0.29, 0.717) is 22.7 Å². The lowest BCUT2D eigenvalue weighted by Crippen LogP contribution is -2.50. The lowest BCUT2D eigenvalue weighted by molar-refractivity contribution is -0.122. The van der Waals surface area contributed by atoms with Crippen molar-refractivity contribution in [2.24, 2.45) is 0 Å². The first-order valence-electron chi connectivity index (χ1n) is 10.9. The molecule has 0 radical (unpaired) electrons. The SMILES string of the molecule is CC(=O)Nc1cc(C(=O)N2CCN(S(=O)(=O)c3ccc4c(c3)NC(=O)[C@@H](C)O4)CC2)ccc1C. The van der Waals surface area contributed by atoms with E-state index in [9.17, 15) is 22.8 Å². The average molecular weight is 487 g/mol. The number of nitrogens with one attached hydrogen (secondary N) is 2. The summed E-state index contributed by atoms with van der Waals surface area (Å²) in [5.41, 5.74) is 2.14. The van der Waals surface area contributed by atoms with Gasteiger partial charge in [0.25, 0.3) is 11.8 Å². The number of ether oxygens (including phenoxy) is 1. The van der Waals surface area contributed by atoms with Crippen molar-refractivity contribution in [2.75, 3.05) is 36.8 Å². The van der Waals surface area contributed by atoms with Gasteiger partial charge in [0.2, 0.25) is 15.9 Å². The summed E-state index contributed by atoms with van der Waals surface area (Å²) in [6.45, 7) is 5.57. The minimum atomic E-state index is -3.83. The van der Waals surface area contributed by atoms with Crippen LogP contribution in [0.5, 0.6) is 5.75 Å². The van der Waals surface area contributed by atoms with Crippen LogP contribution in [0.4, 0.5) is 11.4 Å². The van der Waals surface area contributed by atoms with Crippen LogP contribution < -0.4 is 15.4 Å². The number of piperazine rings is 1.